The first-order valence-corrected chi connectivity index (χ1v) is 6.32. The molecule has 17 heavy (non-hydrogen) atoms. The molecule has 0 amide bonds. The first kappa shape index (κ1) is 10.5. The lowest BCUT2D eigenvalue weighted by Crippen LogP contribution is -1.95. The molecule has 0 fully saturated rings. The van der Waals surface area contributed by atoms with Crippen molar-refractivity contribution in [3.63, 3.8) is 0 Å². The third-order valence-electron chi connectivity index (χ3n) is 2.73. The molecule has 3 nitrogen and oxygen atoms in total. The number of benzene rings is 1. The Labute approximate surface area is 103 Å². The molecule has 3 rings (SSSR count). The summed E-state index contributed by atoms with van der Waals surface area (Å²) >= 11 is 1.66. The lowest BCUT2D eigenvalue weighted by Gasteiger charge is -1.97. The van der Waals surface area contributed by atoms with Gasteiger partial charge in [0, 0.05) is 12.6 Å². The van der Waals surface area contributed by atoms with Gasteiger partial charge in [0.05, 0.1) is 15.9 Å². The second-order valence-corrected chi connectivity index (χ2v) is 5.33. The summed E-state index contributed by atoms with van der Waals surface area (Å²) in [6.45, 7) is 3.62. The zero-order valence-electron chi connectivity index (χ0n) is 9.73. The molecule has 0 aliphatic carbocycles. The number of hydrogen-bond donors (Lipinski definition) is 0. The van der Waals surface area contributed by atoms with E-state index in [1.165, 1.54) is 4.70 Å². The number of aryl methyl sites for hydroxylation is 1. The number of imidazole rings is 1. The maximum Gasteiger partial charge on any atom is 0.194 e. The van der Waals surface area contributed by atoms with Crippen LogP contribution in [0.3, 0.4) is 0 Å². The highest BCUT2D eigenvalue weighted by atomic mass is 32.1. The van der Waals surface area contributed by atoms with E-state index in [4.69, 9.17) is 0 Å². The fraction of sp³-hybridized carbons (Fsp3) is 0.231. The minimum Gasteiger partial charge on any atom is -0.300 e. The van der Waals surface area contributed by atoms with Crippen LogP contribution in [0.25, 0.3) is 15.2 Å². The second-order valence-electron chi connectivity index (χ2n) is 4.32. The average molecular weight is 244 g/mol. The van der Waals surface area contributed by atoms with Crippen molar-refractivity contribution in [3.05, 3.63) is 35.7 Å². The van der Waals surface area contributed by atoms with Crippen LogP contribution in [0.5, 0.6) is 0 Å². The van der Waals surface area contributed by atoms with E-state index in [0.717, 1.165) is 21.7 Å². The van der Waals surface area contributed by atoms with Crippen molar-refractivity contribution < 1.29 is 4.79 Å². The van der Waals surface area contributed by atoms with E-state index < -0.39 is 0 Å². The minimum atomic E-state index is 0.196. The first-order valence-electron chi connectivity index (χ1n) is 5.50. The molecule has 3 aromatic rings. The van der Waals surface area contributed by atoms with Gasteiger partial charge in [-0.1, -0.05) is 17.4 Å². The van der Waals surface area contributed by atoms with Gasteiger partial charge in [0.1, 0.15) is 5.78 Å². The molecule has 0 radical (unpaired) electrons. The lowest BCUT2D eigenvalue weighted by atomic mass is 10.1. The molecule has 2 aromatic heterocycles. The van der Waals surface area contributed by atoms with E-state index in [0.29, 0.717) is 6.42 Å². The number of hydrogen-bond acceptors (Lipinski definition) is 3. The molecule has 2 heterocycles. The van der Waals surface area contributed by atoms with Crippen molar-refractivity contribution in [2.24, 2.45) is 0 Å². The normalized spacial score (nSPS) is 11.4. The first-order chi connectivity index (χ1) is 8.13. The monoisotopic (exact) mass is 244 g/mol. The fourth-order valence-electron chi connectivity index (χ4n) is 2.06. The van der Waals surface area contributed by atoms with E-state index in [1.54, 1.807) is 18.3 Å². The molecule has 0 saturated carbocycles. The van der Waals surface area contributed by atoms with Crippen LogP contribution in [0.15, 0.2) is 24.4 Å². The summed E-state index contributed by atoms with van der Waals surface area (Å²) in [6.07, 6.45) is 2.55. The van der Waals surface area contributed by atoms with Gasteiger partial charge in [-0.05, 0) is 31.5 Å². The molecule has 0 saturated heterocycles. The number of carbonyl (C=O) groups is 1. The third kappa shape index (κ3) is 1.74. The molecule has 86 valence electrons. The smallest absolute Gasteiger partial charge is 0.194 e. The molecular weight excluding hydrogens is 232 g/mol. The van der Waals surface area contributed by atoms with Crippen molar-refractivity contribution in [3.8, 4) is 0 Å². The summed E-state index contributed by atoms with van der Waals surface area (Å²) in [6, 6.07) is 6.18. The van der Waals surface area contributed by atoms with Gasteiger partial charge in [-0.2, -0.15) is 0 Å². The SMILES string of the molecule is CC(=O)Cc1ccc2c(c1)sc1nc(C)cn12. The fourth-order valence-corrected chi connectivity index (χ4v) is 3.17. The summed E-state index contributed by atoms with van der Waals surface area (Å²) in [4.78, 5) is 16.6. The van der Waals surface area contributed by atoms with Gasteiger partial charge < -0.3 is 0 Å². The summed E-state index contributed by atoms with van der Waals surface area (Å²) in [5.41, 5.74) is 3.27. The number of aromatic nitrogens is 2. The standard InChI is InChI=1S/C13H12N2OS/c1-8-7-15-11-4-3-10(5-9(2)16)6-12(11)17-13(15)14-8/h3-4,6-7H,5H2,1-2H3. The summed E-state index contributed by atoms with van der Waals surface area (Å²) in [7, 11) is 0. The van der Waals surface area contributed by atoms with Gasteiger partial charge >= 0.3 is 0 Å². The Morgan fingerprint density at radius 1 is 1.47 bits per heavy atom. The summed E-state index contributed by atoms with van der Waals surface area (Å²) < 4.78 is 3.29. The maximum atomic E-state index is 11.1. The average Bonchev–Trinajstić information content (AvgIpc) is 2.71. The summed E-state index contributed by atoms with van der Waals surface area (Å²) in [5.74, 6) is 0.196. The predicted molar refractivity (Wildman–Crippen MR) is 69.7 cm³/mol. The van der Waals surface area contributed by atoms with E-state index >= 15 is 0 Å². The van der Waals surface area contributed by atoms with E-state index in [-0.39, 0.29) is 5.78 Å². The van der Waals surface area contributed by atoms with Crippen molar-refractivity contribution in [2.45, 2.75) is 20.3 Å². The number of rotatable bonds is 2. The Morgan fingerprint density at radius 3 is 3.06 bits per heavy atom. The van der Waals surface area contributed by atoms with Gasteiger partial charge in [-0.25, -0.2) is 4.98 Å². The largest absolute Gasteiger partial charge is 0.300 e. The van der Waals surface area contributed by atoms with Crippen molar-refractivity contribution in [1.82, 2.24) is 9.38 Å². The van der Waals surface area contributed by atoms with Gasteiger partial charge in [0.2, 0.25) is 0 Å². The molecule has 1 aromatic carbocycles. The zero-order chi connectivity index (χ0) is 12.0. The van der Waals surface area contributed by atoms with E-state index in [9.17, 15) is 4.79 Å². The zero-order valence-corrected chi connectivity index (χ0v) is 10.5. The Kier molecular flexibility index (Phi) is 2.26. The molecule has 0 aliphatic rings. The van der Waals surface area contributed by atoms with E-state index in [1.807, 2.05) is 19.2 Å². The number of fused-ring (bicyclic) bond motifs is 3. The van der Waals surface area contributed by atoms with Gasteiger partial charge in [-0.15, -0.1) is 0 Å². The number of thiazole rings is 1. The van der Waals surface area contributed by atoms with Crippen molar-refractivity contribution in [1.29, 1.82) is 0 Å². The Morgan fingerprint density at radius 2 is 2.29 bits per heavy atom. The molecule has 0 aliphatic heterocycles. The second kappa shape index (κ2) is 3.67. The Bertz CT molecular complexity index is 724. The topological polar surface area (TPSA) is 34.4 Å². The number of Topliss-reactive ketones (excluding diaryl/α,β-unsaturated/α-hetero) is 1. The van der Waals surface area contributed by atoms with Crippen LogP contribution in [0.2, 0.25) is 0 Å². The molecule has 4 heteroatoms. The van der Waals surface area contributed by atoms with Crippen LogP contribution in [0.1, 0.15) is 18.2 Å². The van der Waals surface area contributed by atoms with Crippen LogP contribution in [-0.2, 0) is 11.2 Å². The predicted octanol–water partition coefficient (Wildman–Crippen LogP) is 2.99. The third-order valence-corrected chi connectivity index (χ3v) is 3.75. The summed E-state index contributed by atoms with van der Waals surface area (Å²) in [5, 5.41) is 0. The molecular formula is C13H12N2OS. The number of carbonyl (C=O) groups excluding carboxylic acids is 1. The van der Waals surface area contributed by atoms with Crippen LogP contribution >= 0.6 is 11.3 Å². The number of nitrogens with zero attached hydrogens (tertiary/aromatic N) is 2. The highest BCUT2D eigenvalue weighted by Crippen LogP contribution is 2.27. The van der Waals surface area contributed by atoms with Crippen molar-refractivity contribution >= 4 is 32.3 Å². The van der Waals surface area contributed by atoms with Crippen LogP contribution in [0, 0.1) is 6.92 Å². The minimum absolute atomic E-state index is 0.196. The van der Waals surface area contributed by atoms with Gasteiger partial charge in [0.25, 0.3) is 0 Å². The number of ketones is 1. The lowest BCUT2D eigenvalue weighted by molar-refractivity contribution is -0.116. The van der Waals surface area contributed by atoms with Crippen molar-refractivity contribution in [2.75, 3.05) is 0 Å². The molecule has 0 unspecified atom stereocenters. The van der Waals surface area contributed by atoms with Gasteiger partial charge in [-0.3, -0.25) is 9.20 Å². The van der Waals surface area contributed by atoms with Crippen LogP contribution in [-0.4, -0.2) is 15.2 Å². The molecule has 0 spiro atoms. The Hall–Kier alpha value is -1.68. The maximum absolute atomic E-state index is 11.1. The highest BCUT2D eigenvalue weighted by molar-refractivity contribution is 7.23. The van der Waals surface area contributed by atoms with Crippen LogP contribution in [0.4, 0.5) is 0 Å². The Balaban J connectivity index is 2.20. The highest BCUT2D eigenvalue weighted by Gasteiger charge is 2.08. The molecule has 0 atom stereocenters. The van der Waals surface area contributed by atoms with Crippen LogP contribution < -0.4 is 0 Å². The quantitative estimate of drug-likeness (QED) is 0.694. The molecule has 0 N–H and O–H groups in total. The van der Waals surface area contributed by atoms with Gasteiger partial charge in [0.15, 0.2) is 4.96 Å². The molecule has 0 bridgehead atoms. The van der Waals surface area contributed by atoms with E-state index in [2.05, 4.69) is 21.5 Å².